The second-order valence-electron chi connectivity index (χ2n) is 2.96. The molecule has 14 heavy (non-hydrogen) atoms. The Morgan fingerprint density at radius 3 is 2.29 bits per heavy atom. The van der Waals surface area contributed by atoms with Crippen LogP contribution in [-0.4, -0.2) is 35.7 Å². The van der Waals surface area contributed by atoms with Crippen molar-refractivity contribution in [2.75, 3.05) is 6.26 Å². The van der Waals surface area contributed by atoms with Gasteiger partial charge in [-0.2, -0.15) is 0 Å². The monoisotopic (exact) mass is 214 g/mol. The topological polar surface area (TPSA) is 77.0 Å². The Balaban J connectivity index is 2.99. The van der Waals surface area contributed by atoms with E-state index in [1.165, 1.54) is 25.6 Å². The molecule has 0 spiro atoms. The van der Waals surface area contributed by atoms with Gasteiger partial charge in [0.2, 0.25) is 0 Å². The van der Waals surface area contributed by atoms with Crippen LogP contribution in [0.4, 0.5) is 0 Å². The highest BCUT2D eigenvalue weighted by atomic mass is 32.2. The molecule has 1 rings (SSSR count). The highest BCUT2D eigenvalue weighted by molar-refractivity contribution is 7.92. The van der Waals surface area contributed by atoms with Crippen LogP contribution in [0.1, 0.15) is 17.3 Å². The SMILES string of the molecule is CC(C(=O)c1cncnc1)S(C)(=O)=O. The molecule has 0 radical (unpaired) electrons. The lowest BCUT2D eigenvalue weighted by molar-refractivity contribution is 0.0991. The van der Waals surface area contributed by atoms with Crippen molar-refractivity contribution in [2.45, 2.75) is 12.2 Å². The van der Waals surface area contributed by atoms with Crippen molar-refractivity contribution in [3.63, 3.8) is 0 Å². The summed E-state index contributed by atoms with van der Waals surface area (Å²) in [6, 6.07) is 0. The van der Waals surface area contributed by atoms with Crippen LogP contribution in [-0.2, 0) is 9.84 Å². The Morgan fingerprint density at radius 1 is 1.36 bits per heavy atom. The van der Waals surface area contributed by atoms with E-state index in [1.807, 2.05) is 0 Å². The lowest BCUT2D eigenvalue weighted by atomic mass is 10.2. The Kier molecular flexibility index (Phi) is 2.95. The van der Waals surface area contributed by atoms with Crippen molar-refractivity contribution in [3.05, 3.63) is 24.3 Å². The summed E-state index contributed by atoms with van der Waals surface area (Å²) in [7, 11) is -3.36. The molecule has 0 aliphatic heterocycles. The Bertz CT molecular complexity index is 427. The van der Waals surface area contributed by atoms with Gasteiger partial charge in [-0.3, -0.25) is 4.79 Å². The lowest BCUT2D eigenvalue weighted by Crippen LogP contribution is -2.26. The number of carbonyl (C=O) groups is 1. The summed E-state index contributed by atoms with van der Waals surface area (Å²) in [5, 5.41) is -1.05. The van der Waals surface area contributed by atoms with Crippen molar-refractivity contribution in [1.82, 2.24) is 9.97 Å². The van der Waals surface area contributed by atoms with E-state index in [0.29, 0.717) is 0 Å². The number of hydrogen-bond acceptors (Lipinski definition) is 5. The normalized spacial score (nSPS) is 13.6. The van der Waals surface area contributed by atoms with E-state index in [9.17, 15) is 13.2 Å². The summed E-state index contributed by atoms with van der Waals surface area (Å²) >= 11 is 0. The molecule has 0 bridgehead atoms. The van der Waals surface area contributed by atoms with Crippen LogP contribution in [0.3, 0.4) is 0 Å². The fourth-order valence-corrected chi connectivity index (χ4v) is 1.38. The maximum absolute atomic E-state index is 11.5. The van der Waals surface area contributed by atoms with E-state index >= 15 is 0 Å². The highest BCUT2D eigenvalue weighted by Gasteiger charge is 2.24. The zero-order valence-electron chi connectivity index (χ0n) is 7.84. The molecule has 0 saturated heterocycles. The summed E-state index contributed by atoms with van der Waals surface area (Å²) in [6.07, 6.45) is 4.91. The zero-order valence-corrected chi connectivity index (χ0v) is 8.65. The quantitative estimate of drug-likeness (QED) is 0.666. The predicted molar refractivity (Wildman–Crippen MR) is 50.7 cm³/mol. The number of sulfone groups is 1. The number of rotatable bonds is 3. The van der Waals surface area contributed by atoms with Crippen molar-refractivity contribution in [3.8, 4) is 0 Å². The Labute approximate surface area is 82.1 Å². The average Bonchev–Trinajstić information content (AvgIpc) is 2.15. The fourth-order valence-electron chi connectivity index (χ4n) is 0.855. The van der Waals surface area contributed by atoms with E-state index in [-0.39, 0.29) is 5.56 Å². The van der Waals surface area contributed by atoms with Crippen LogP contribution in [0.15, 0.2) is 18.7 Å². The van der Waals surface area contributed by atoms with Crippen LogP contribution in [0.2, 0.25) is 0 Å². The van der Waals surface area contributed by atoms with Crippen LogP contribution in [0.5, 0.6) is 0 Å². The van der Waals surface area contributed by atoms with Crippen LogP contribution >= 0.6 is 0 Å². The summed E-state index contributed by atoms with van der Waals surface area (Å²) in [6.45, 7) is 1.35. The van der Waals surface area contributed by atoms with Crippen molar-refractivity contribution in [2.24, 2.45) is 0 Å². The molecule has 5 nitrogen and oxygen atoms in total. The number of aromatic nitrogens is 2. The molecular formula is C8H10N2O3S. The molecule has 0 aliphatic rings. The third-order valence-corrected chi connectivity index (χ3v) is 3.36. The first-order valence-electron chi connectivity index (χ1n) is 3.91. The van der Waals surface area contributed by atoms with E-state index < -0.39 is 20.9 Å². The molecule has 1 aromatic heterocycles. The minimum atomic E-state index is -3.36. The van der Waals surface area contributed by atoms with E-state index in [0.717, 1.165) is 6.26 Å². The first-order chi connectivity index (χ1) is 6.43. The summed E-state index contributed by atoms with van der Waals surface area (Å²) in [5.41, 5.74) is 0.213. The summed E-state index contributed by atoms with van der Waals surface area (Å²) in [4.78, 5) is 18.8. The van der Waals surface area contributed by atoms with Crippen LogP contribution in [0.25, 0.3) is 0 Å². The zero-order chi connectivity index (χ0) is 10.8. The molecule has 1 atom stereocenters. The molecule has 0 saturated carbocycles. The molecule has 0 fully saturated rings. The Hall–Kier alpha value is -1.30. The second kappa shape index (κ2) is 3.83. The van der Waals surface area contributed by atoms with Gasteiger partial charge < -0.3 is 0 Å². The van der Waals surface area contributed by atoms with Crippen LogP contribution < -0.4 is 0 Å². The first-order valence-corrected chi connectivity index (χ1v) is 5.86. The molecule has 6 heteroatoms. The smallest absolute Gasteiger partial charge is 0.183 e. The van der Waals surface area contributed by atoms with Gasteiger partial charge in [-0.05, 0) is 6.92 Å². The van der Waals surface area contributed by atoms with Crippen molar-refractivity contribution >= 4 is 15.6 Å². The number of Topliss-reactive ketones (excluding diaryl/α,β-unsaturated/α-hetero) is 1. The second-order valence-corrected chi connectivity index (χ2v) is 5.33. The molecule has 1 unspecified atom stereocenters. The van der Waals surface area contributed by atoms with E-state index in [2.05, 4.69) is 9.97 Å². The van der Waals surface area contributed by atoms with Gasteiger partial charge in [0.05, 0.1) is 5.56 Å². The first kappa shape index (κ1) is 10.8. The molecule has 0 aliphatic carbocycles. The van der Waals surface area contributed by atoms with Gasteiger partial charge in [0.25, 0.3) is 0 Å². The van der Waals surface area contributed by atoms with Gasteiger partial charge in [-0.25, -0.2) is 18.4 Å². The van der Waals surface area contributed by atoms with Gasteiger partial charge in [0.1, 0.15) is 11.6 Å². The molecule has 0 amide bonds. The lowest BCUT2D eigenvalue weighted by Gasteiger charge is -2.06. The van der Waals surface area contributed by atoms with Gasteiger partial charge in [-0.15, -0.1) is 0 Å². The summed E-state index contributed by atoms with van der Waals surface area (Å²) < 4.78 is 22.2. The standard InChI is InChI=1S/C8H10N2O3S/c1-6(14(2,12)13)8(11)7-3-9-5-10-4-7/h3-6H,1-2H3. The van der Waals surface area contributed by atoms with Crippen molar-refractivity contribution in [1.29, 1.82) is 0 Å². The van der Waals surface area contributed by atoms with E-state index in [4.69, 9.17) is 0 Å². The van der Waals surface area contributed by atoms with Gasteiger partial charge in [-0.1, -0.05) is 0 Å². The third kappa shape index (κ3) is 2.35. The number of hydrogen-bond donors (Lipinski definition) is 0. The molecule has 1 aromatic rings. The molecule has 0 N–H and O–H groups in total. The Morgan fingerprint density at radius 2 is 1.86 bits per heavy atom. The highest BCUT2D eigenvalue weighted by Crippen LogP contribution is 2.06. The largest absolute Gasteiger partial charge is 0.293 e. The molecular weight excluding hydrogens is 204 g/mol. The number of carbonyl (C=O) groups excluding carboxylic acids is 1. The fraction of sp³-hybridized carbons (Fsp3) is 0.375. The number of nitrogens with zero attached hydrogens (tertiary/aromatic N) is 2. The maximum Gasteiger partial charge on any atom is 0.183 e. The molecule has 1 heterocycles. The van der Waals surface area contributed by atoms with Crippen LogP contribution in [0, 0.1) is 0 Å². The van der Waals surface area contributed by atoms with E-state index in [1.54, 1.807) is 0 Å². The average molecular weight is 214 g/mol. The maximum atomic E-state index is 11.5. The molecule has 0 aromatic carbocycles. The third-order valence-electron chi connectivity index (χ3n) is 1.86. The minimum Gasteiger partial charge on any atom is -0.293 e. The summed E-state index contributed by atoms with van der Waals surface area (Å²) in [5.74, 6) is -0.479. The predicted octanol–water partition coefficient (Wildman–Crippen LogP) is 0.0924. The minimum absolute atomic E-state index is 0.213. The van der Waals surface area contributed by atoms with Gasteiger partial charge in [0.15, 0.2) is 15.6 Å². The number of ketones is 1. The van der Waals surface area contributed by atoms with Gasteiger partial charge in [0, 0.05) is 18.6 Å². The van der Waals surface area contributed by atoms with Crippen molar-refractivity contribution < 1.29 is 13.2 Å². The van der Waals surface area contributed by atoms with Gasteiger partial charge >= 0.3 is 0 Å². The molecule has 76 valence electrons.